The lowest BCUT2D eigenvalue weighted by molar-refractivity contribution is -0.143. The molecule has 0 aliphatic carbocycles. The van der Waals surface area contributed by atoms with Gasteiger partial charge in [0.25, 0.3) is 0 Å². The molecule has 0 fully saturated rings. The highest BCUT2D eigenvalue weighted by Crippen LogP contribution is 2.19. The molecule has 76 heavy (non-hydrogen) atoms. The van der Waals surface area contributed by atoms with Crippen molar-refractivity contribution in [2.24, 2.45) is 0 Å². The maximum absolute atomic E-state index is 12.5. The summed E-state index contributed by atoms with van der Waals surface area (Å²) in [6, 6.07) is -0.547. The molecule has 6 nitrogen and oxygen atoms in total. The Bertz CT molecular complexity index is 1190. The standard InChI is InChI=1S/C70H135NO5/c1-3-5-7-9-11-13-15-17-19-20-28-31-35-38-42-46-50-54-58-62-68(73)67(66-72)71-69(74)63-59-55-51-47-43-39-36-32-29-26-24-22-21-23-25-27-30-33-37-41-45-49-53-57-61-65-76-70(75)64-60-56-52-48-44-40-34-18-16-14-12-10-8-6-4-2/h22-25,67-68,72-73H,3-21,26-66H2,1-2H3,(H,71,74)/b24-22-,25-23-. The Kier molecular flexibility index (Phi) is 64.4. The van der Waals surface area contributed by atoms with E-state index in [-0.39, 0.29) is 18.5 Å². The van der Waals surface area contributed by atoms with Crippen molar-refractivity contribution in [2.75, 3.05) is 13.2 Å². The van der Waals surface area contributed by atoms with Crippen molar-refractivity contribution in [3.05, 3.63) is 24.3 Å². The van der Waals surface area contributed by atoms with E-state index in [1.54, 1.807) is 0 Å². The van der Waals surface area contributed by atoms with Gasteiger partial charge < -0.3 is 20.3 Å². The van der Waals surface area contributed by atoms with Gasteiger partial charge in [-0.1, -0.05) is 340 Å². The summed E-state index contributed by atoms with van der Waals surface area (Å²) >= 11 is 0. The van der Waals surface area contributed by atoms with Crippen LogP contribution in [0.25, 0.3) is 0 Å². The fraction of sp³-hybridized carbons (Fsp3) is 0.914. The third-order valence-electron chi connectivity index (χ3n) is 16.3. The Morgan fingerprint density at radius 3 is 1.00 bits per heavy atom. The molecule has 0 rings (SSSR count). The summed E-state index contributed by atoms with van der Waals surface area (Å²) in [7, 11) is 0. The van der Waals surface area contributed by atoms with Gasteiger partial charge in [0.05, 0.1) is 25.4 Å². The highest BCUT2D eigenvalue weighted by atomic mass is 16.5. The zero-order valence-electron chi connectivity index (χ0n) is 51.5. The summed E-state index contributed by atoms with van der Waals surface area (Å²) in [5, 5.41) is 23.4. The predicted molar refractivity (Wildman–Crippen MR) is 333 cm³/mol. The fourth-order valence-corrected chi connectivity index (χ4v) is 11.0. The van der Waals surface area contributed by atoms with Gasteiger partial charge >= 0.3 is 5.97 Å². The van der Waals surface area contributed by atoms with Gasteiger partial charge in [-0.3, -0.25) is 9.59 Å². The first-order valence-corrected chi connectivity index (χ1v) is 34.6. The first kappa shape index (κ1) is 74.3. The Morgan fingerprint density at radius 2 is 0.658 bits per heavy atom. The average molecular weight is 1070 g/mol. The molecule has 3 N–H and O–H groups in total. The van der Waals surface area contributed by atoms with E-state index in [0.29, 0.717) is 25.9 Å². The number of amides is 1. The van der Waals surface area contributed by atoms with E-state index >= 15 is 0 Å². The summed E-state index contributed by atoms with van der Waals surface area (Å²) in [6.45, 7) is 4.99. The molecule has 0 aromatic carbocycles. The molecule has 2 atom stereocenters. The van der Waals surface area contributed by atoms with Crippen molar-refractivity contribution in [1.82, 2.24) is 5.32 Å². The van der Waals surface area contributed by atoms with Gasteiger partial charge in [0.2, 0.25) is 5.91 Å². The molecule has 0 aliphatic heterocycles. The van der Waals surface area contributed by atoms with Crippen LogP contribution in [0.5, 0.6) is 0 Å². The molecular weight excluding hydrogens is 935 g/mol. The van der Waals surface area contributed by atoms with Crippen LogP contribution in [-0.2, 0) is 14.3 Å². The molecule has 0 radical (unpaired) electrons. The number of hydrogen-bond donors (Lipinski definition) is 3. The minimum absolute atomic E-state index is 0.0127. The second-order valence-corrected chi connectivity index (χ2v) is 23.9. The third kappa shape index (κ3) is 61.6. The number of carbonyl (C=O) groups excluding carboxylic acids is 2. The molecule has 0 heterocycles. The molecule has 0 aromatic heterocycles. The highest BCUT2D eigenvalue weighted by molar-refractivity contribution is 5.76. The van der Waals surface area contributed by atoms with E-state index in [1.807, 2.05) is 0 Å². The predicted octanol–water partition coefficient (Wildman–Crippen LogP) is 22.1. The molecule has 6 heteroatoms. The number of nitrogens with one attached hydrogen (secondary N) is 1. The van der Waals surface area contributed by atoms with E-state index in [9.17, 15) is 19.8 Å². The Balaban J connectivity index is 3.42. The lowest BCUT2D eigenvalue weighted by atomic mass is 10.0. The van der Waals surface area contributed by atoms with Gasteiger partial charge in [-0.2, -0.15) is 0 Å². The van der Waals surface area contributed by atoms with E-state index in [4.69, 9.17) is 4.74 Å². The van der Waals surface area contributed by atoms with Crippen LogP contribution < -0.4 is 5.32 Å². The van der Waals surface area contributed by atoms with Crippen molar-refractivity contribution in [3.63, 3.8) is 0 Å². The Morgan fingerprint density at radius 1 is 0.368 bits per heavy atom. The maximum atomic E-state index is 12.5. The van der Waals surface area contributed by atoms with Crippen LogP contribution in [0.4, 0.5) is 0 Å². The van der Waals surface area contributed by atoms with Gasteiger partial charge in [-0.05, 0) is 57.8 Å². The molecule has 450 valence electrons. The highest BCUT2D eigenvalue weighted by Gasteiger charge is 2.20. The largest absolute Gasteiger partial charge is 0.466 e. The molecule has 0 spiro atoms. The van der Waals surface area contributed by atoms with Crippen LogP contribution in [-0.4, -0.2) is 47.4 Å². The number of rotatable bonds is 65. The normalized spacial score (nSPS) is 12.6. The van der Waals surface area contributed by atoms with Crippen LogP contribution in [0, 0.1) is 0 Å². The number of esters is 1. The van der Waals surface area contributed by atoms with Crippen LogP contribution in [0.3, 0.4) is 0 Å². The average Bonchev–Trinajstić information content (AvgIpc) is 3.42. The number of unbranched alkanes of at least 4 members (excludes halogenated alkanes) is 50. The Labute approximate surface area is 475 Å². The lowest BCUT2D eigenvalue weighted by Gasteiger charge is -2.22. The van der Waals surface area contributed by atoms with Crippen molar-refractivity contribution in [1.29, 1.82) is 0 Å². The Hall–Kier alpha value is -1.66. The summed E-state index contributed by atoms with van der Waals surface area (Å²) in [4.78, 5) is 24.6. The minimum Gasteiger partial charge on any atom is -0.466 e. The smallest absolute Gasteiger partial charge is 0.305 e. The number of allylic oxidation sites excluding steroid dienone is 4. The van der Waals surface area contributed by atoms with E-state index in [2.05, 4.69) is 43.5 Å². The topological polar surface area (TPSA) is 95.9 Å². The second kappa shape index (κ2) is 65.9. The van der Waals surface area contributed by atoms with Crippen molar-refractivity contribution >= 4 is 11.9 Å². The van der Waals surface area contributed by atoms with Gasteiger partial charge in [-0.15, -0.1) is 0 Å². The molecule has 0 saturated heterocycles. The zero-order chi connectivity index (χ0) is 55.0. The molecule has 0 bridgehead atoms. The fourth-order valence-electron chi connectivity index (χ4n) is 11.0. The first-order chi connectivity index (χ1) is 37.5. The second-order valence-electron chi connectivity index (χ2n) is 23.9. The maximum Gasteiger partial charge on any atom is 0.305 e. The van der Waals surface area contributed by atoms with E-state index < -0.39 is 12.1 Å². The van der Waals surface area contributed by atoms with Crippen LogP contribution >= 0.6 is 0 Å². The molecule has 0 aromatic rings. The van der Waals surface area contributed by atoms with Crippen molar-refractivity contribution in [2.45, 2.75) is 398 Å². The summed E-state index contributed by atoms with van der Waals surface area (Å²) in [5.74, 6) is -0.0247. The van der Waals surface area contributed by atoms with Crippen molar-refractivity contribution in [3.8, 4) is 0 Å². The number of hydrogen-bond acceptors (Lipinski definition) is 5. The molecular formula is C70H135NO5. The first-order valence-electron chi connectivity index (χ1n) is 34.6. The molecule has 2 unspecified atom stereocenters. The summed E-state index contributed by atoms with van der Waals surface area (Å²) in [6.07, 6.45) is 82.1. The molecule has 0 aliphatic rings. The van der Waals surface area contributed by atoms with Gasteiger partial charge in [-0.25, -0.2) is 0 Å². The third-order valence-corrected chi connectivity index (χ3v) is 16.3. The van der Waals surface area contributed by atoms with Gasteiger partial charge in [0, 0.05) is 12.8 Å². The van der Waals surface area contributed by atoms with Crippen LogP contribution in [0.2, 0.25) is 0 Å². The van der Waals surface area contributed by atoms with Gasteiger partial charge in [0.15, 0.2) is 0 Å². The number of aliphatic hydroxyl groups excluding tert-OH is 2. The van der Waals surface area contributed by atoms with Crippen molar-refractivity contribution < 1.29 is 24.5 Å². The number of ether oxygens (including phenoxy) is 1. The monoisotopic (exact) mass is 1070 g/mol. The lowest BCUT2D eigenvalue weighted by Crippen LogP contribution is -2.45. The molecule has 0 saturated carbocycles. The quantitative estimate of drug-likeness (QED) is 0.0320. The summed E-state index contributed by atoms with van der Waals surface area (Å²) in [5.41, 5.74) is 0. The van der Waals surface area contributed by atoms with Crippen LogP contribution in [0.15, 0.2) is 24.3 Å². The number of aliphatic hydroxyl groups is 2. The number of carbonyl (C=O) groups is 2. The summed E-state index contributed by atoms with van der Waals surface area (Å²) < 4.78 is 5.49. The SMILES string of the molecule is CCCCCCCCCCCCCCCCCCCCCC(O)C(CO)NC(=O)CCCCCCCCCCC/C=C\C/C=C\CCCCCCCCCCCOC(=O)CCCCCCCCCCCCCCCCC. The van der Waals surface area contributed by atoms with E-state index in [0.717, 1.165) is 44.9 Å². The van der Waals surface area contributed by atoms with Crippen LogP contribution in [0.1, 0.15) is 386 Å². The van der Waals surface area contributed by atoms with Gasteiger partial charge in [0.1, 0.15) is 0 Å². The molecule has 1 amide bonds. The minimum atomic E-state index is -0.669. The van der Waals surface area contributed by atoms with E-state index in [1.165, 1.54) is 308 Å². The zero-order valence-corrected chi connectivity index (χ0v) is 51.5.